The van der Waals surface area contributed by atoms with Crippen molar-refractivity contribution in [3.8, 4) is 5.75 Å². The predicted octanol–water partition coefficient (Wildman–Crippen LogP) is 6.29. The summed E-state index contributed by atoms with van der Waals surface area (Å²) < 4.78 is 6.23. The summed E-state index contributed by atoms with van der Waals surface area (Å²) in [4.78, 5) is 0. The van der Waals surface area contributed by atoms with E-state index in [1.54, 1.807) is 0 Å². The minimum atomic E-state index is 0.352. The van der Waals surface area contributed by atoms with Crippen LogP contribution in [0.2, 0.25) is 5.02 Å². The minimum Gasteiger partial charge on any atom is -0.489 e. The van der Waals surface area contributed by atoms with Gasteiger partial charge in [-0.2, -0.15) is 0 Å². The van der Waals surface area contributed by atoms with Crippen molar-refractivity contribution in [3.05, 3.63) is 64.2 Å². The molecule has 0 radical (unpaired) electrons. The van der Waals surface area contributed by atoms with Crippen LogP contribution in [0.5, 0.6) is 5.75 Å². The molecule has 4 fully saturated rings. The van der Waals surface area contributed by atoms with Gasteiger partial charge in [0.15, 0.2) is 0 Å². The molecule has 0 atom stereocenters. The molecule has 0 unspecified atom stereocenters. The summed E-state index contributed by atoms with van der Waals surface area (Å²) in [5.74, 6) is 3.81. The molecule has 2 nitrogen and oxygen atoms in total. The number of rotatable bonds is 6. The van der Waals surface area contributed by atoms with Gasteiger partial charge in [-0.3, -0.25) is 0 Å². The zero-order valence-electron chi connectivity index (χ0n) is 16.7. The summed E-state index contributed by atoms with van der Waals surface area (Å²) in [6.45, 7) is 3.57. The number of hydrogen-bond acceptors (Lipinski definition) is 2. The fraction of sp³-hybridized carbons (Fsp3) is 0.520. The Kier molecular flexibility index (Phi) is 4.88. The highest BCUT2D eigenvalue weighted by molar-refractivity contribution is 6.30. The van der Waals surface area contributed by atoms with Crippen LogP contribution in [0, 0.1) is 24.7 Å². The maximum Gasteiger partial charge on any atom is 0.124 e. The maximum absolute atomic E-state index is 6.33. The molecule has 1 N–H and O–H groups in total. The van der Waals surface area contributed by atoms with Crippen LogP contribution in [0.15, 0.2) is 42.5 Å². The van der Waals surface area contributed by atoms with Crippen molar-refractivity contribution in [2.45, 2.75) is 64.1 Å². The van der Waals surface area contributed by atoms with Crippen LogP contribution in [0.1, 0.15) is 55.2 Å². The Hall–Kier alpha value is -1.51. The van der Waals surface area contributed by atoms with Gasteiger partial charge in [-0.15, -0.1) is 0 Å². The highest BCUT2D eigenvalue weighted by atomic mass is 35.5. The quantitative estimate of drug-likeness (QED) is 0.620. The lowest BCUT2D eigenvalue weighted by Crippen LogP contribution is -2.58. The van der Waals surface area contributed by atoms with Crippen molar-refractivity contribution in [2.24, 2.45) is 17.8 Å². The first kappa shape index (κ1) is 18.5. The van der Waals surface area contributed by atoms with E-state index in [0.717, 1.165) is 35.1 Å². The molecule has 148 valence electrons. The van der Waals surface area contributed by atoms with Crippen molar-refractivity contribution in [2.75, 3.05) is 0 Å². The fourth-order valence-corrected chi connectivity index (χ4v) is 6.56. The fourth-order valence-electron chi connectivity index (χ4n) is 6.36. The van der Waals surface area contributed by atoms with E-state index >= 15 is 0 Å². The van der Waals surface area contributed by atoms with Crippen LogP contribution in [0.4, 0.5) is 0 Å². The van der Waals surface area contributed by atoms with E-state index in [1.165, 1.54) is 55.2 Å². The Bertz CT molecular complexity index is 826. The van der Waals surface area contributed by atoms with Gasteiger partial charge in [0.05, 0.1) is 0 Å². The first-order valence-electron chi connectivity index (χ1n) is 10.8. The van der Waals surface area contributed by atoms with Crippen molar-refractivity contribution >= 4 is 11.6 Å². The number of aryl methyl sites for hydroxylation is 1. The topological polar surface area (TPSA) is 21.3 Å². The van der Waals surface area contributed by atoms with E-state index in [2.05, 4.69) is 42.6 Å². The van der Waals surface area contributed by atoms with Gasteiger partial charge < -0.3 is 10.1 Å². The van der Waals surface area contributed by atoms with Crippen molar-refractivity contribution in [1.82, 2.24) is 5.32 Å². The number of ether oxygens (including phenoxy) is 1. The van der Waals surface area contributed by atoms with E-state index in [9.17, 15) is 0 Å². The summed E-state index contributed by atoms with van der Waals surface area (Å²) >= 11 is 6.33. The molecule has 4 bridgehead atoms. The molecule has 0 aromatic heterocycles. The van der Waals surface area contributed by atoms with Gasteiger partial charge in [-0.25, -0.2) is 0 Å². The molecule has 0 heterocycles. The molecular weight excluding hydrogens is 366 g/mol. The van der Waals surface area contributed by atoms with E-state index < -0.39 is 0 Å². The zero-order valence-corrected chi connectivity index (χ0v) is 17.5. The Balaban J connectivity index is 1.30. The smallest absolute Gasteiger partial charge is 0.124 e. The van der Waals surface area contributed by atoms with Crippen LogP contribution in [-0.4, -0.2) is 5.54 Å². The number of hydrogen-bond donors (Lipinski definition) is 1. The lowest BCUT2D eigenvalue weighted by atomic mass is 9.53. The minimum absolute atomic E-state index is 0.352. The highest BCUT2D eigenvalue weighted by Gasteiger charge is 2.50. The molecule has 2 aromatic carbocycles. The Morgan fingerprint density at radius 2 is 1.64 bits per heavy atom. The summed E-state index contributed by atoms with van der Waals surface area (Å²) in [6.07, 6.45) is 8.51. The Labute approximate surface area is 173 Å². The molecule has 4 aliphatic carbocycles. The standard InChI is InChI=1S/C25H30ClNO/c1-17-4-2-3-5-21(17)16-28-24-7-6-23(26)11-22(24)15-27-25-12-18-8-19(13-25)10-20(9-18)14-25/h2-7,11,18-20,27H,8-10,12-16H2,1H3. The van der Waals surface area contributed by atoms with E-state index in [0.29, 0.717) is 12.1 Å². The molecule has 28 heavy (non-hydrogen) atoms. The SMILES string of the molecule is Cc1ccccc1COc1ccc(Cl)cc1CNC12CC3CC(CC(C3)C1)C2. The van der Waals surface area contributed by atoms with E-state index in [4.69, 9.17) is 16.3 Å². The monoisotopic (exact) mass is 395 g/mol. The molecule has 0 saturated heterocycles. The van der Waals surface area contributed by atoms with Crippen LogP contribution in [0.25, 0.3) is 0 Å². The van der Waals surface area contributed by atoms with Gasteiger partial charge in [0.2, 0.25) is 0 Å². The number of nitrogens with one attached hydrogen (secondary N) is 1. The van der Waals surface area contributed by atoms with Gasteiger partial charge in [-0.1, -0.05) is 35.9 Å². The summed E-state index contributed by atoms with van der Waals surface area (Å²) in [6, 6.07) is 14.4. The Morgan fingerprint density at radius 3 is 2.32 bits per heavy atom. The van der Waals surface area contributed by atoms with Crippen LogP contribution in [0.3, 0.4) is 0 Å². The van der Waals surface area contributed by atoms with Gasteiger partial charge in [0, 0.05) is 22.7 Å². The number of benzene rings is 2. The molecule has 0 aliphatic heterocycles. The van der Waals surface area contributed by atoms with Crippen molar-refractivity contribution in [1.29, 1.82) is 0 Å². The van der Waals surface area contributed by atoms with Gasteiger partial charge >= 0.3 is 0 Å². The number of halogens is 1. The molecule has 3 heteroatoms. The normalized spacial score (nSPS) is 30.6. The van der Waals surface area contributed by atoms with Crippen molar-refractivity contribution < 1.29 is 4.74 Å². The summed E-state index contributed by atoms with van der Waals surface area (Å²) in [5, 5.41) is 4.77. The lowest BCUT2D eigenvalue weighted by molar-refractivity contribution is -0.0206. The average Bonchev–Trinajstić information content (AvgIpc) is 2.66. The van der Waals surface area contributed by atoms with Crippen LogP contribution < -0.4 is 10.1 Å². The van der Waals surface area contributed by atoms with Gasteiger partial charge in [-0.05, 0) is 92.5 Å². The van der Waals surface area contributed by atoms with Gasteiger partial charge in [0.1, 0.15) is 12.4 Å². The van der Waals surface area contributed by atoms with Crippen molar-refractivity contribution in [3.63, 3.8) is 0 Å². The lowest BCUT2D eigenvalue weighted by Gasteiger charge is -2.57. The third kappa shape index (κ3) is 3.69. The molecule has 4 saturated carbocycles. The summed E-state index contributed by atoms with van der Waals surface area (Å²) in [5.41, 5.74) is 4.03. The molecule has 6 rings (SSSR count). The largest absolute Gasteiger partial charge is 0.489 e. The molecule has 2 aromatic rings. The second-order valence-corrected chi connectivity index (χ2v) is 9.96. The van der Waals surface area contributed by atoms with Crippen LogP contribution in [-0.2, 0) is 13.2 Å². The first-order valence-corrected chi connectivity index (χ1v) is 11.2. The van der Waals surface area contributed by atoms with E-state index in [1.807, 2.05) is 12.1 Å². The molecule has 0 spiro atoms. The second-order valence-electron chi connectivity index (χ2n) is 9.52. The maximum atomic E-state index is 6.33. The highest BCUT2D eigenvalue weighted by Crippen LogP contribution is 2.55. The van der Waals surface area contributed by atoms with E-state index in [-0.39, 0.29) is 0 Å². The average molecular weight is 396 g/mol. The summed E-state index contributed by atoms with van der Waals surface area (Å²) in [7, 11) is 0. The predicted molar refractivity (Wildman–Crippen MR) is 115 cm³/mol. The third-order valence-electron chi connectivity index (χ3n) is 7.36. The molecular formula is C25H30ClNO. The molecule has 4 aliphatic rings. The Morgan fingerprint density at radius 1 is 0.964 bits per heavy atom. The first-order chi connectivity index (χ1) is 13.6. The van der Waals surface area contributed by atoms with Gasteiger partial charge in [0.25, 0.3) is 0 Å². The third-order valence-corrected chi connectivity index (χ3v) is 7.59. The van der Waals surface area contributed by atoms with Crippen LogP contribution >= 0.6 is 11.6 Å². The molecule has 0 amide bonds. The second kappa shape index (κ2) is 7.39. The zero-order chi connectivity index (χ0) is 19.1.